The van der Waals surface area contributed by atoms with Gasteiger partial charge in [0.1, 0.15) is 6.04 Å². The number of carbonyl (C=O) groups excluding carboxylic acids is 2. The molecule has 208 valence electrons. The Morgan fingerprint density at radius 3 is 2.49 bits per heavy atom. The van der Waals surface area contributed by atoms with Crippen LogP contribution in [0.25, 0.3) is 0 Å². The minimum absolute atomic E-state index is 0.111. The quantitative estimate of drug-likeness (QED) is 0.181. The van der Waals surface area contributed by atoms with E-state index in [0.29, 0.717) is 35.5 Å². The first-order chi connectivity index (χ1) is 19.8. The molecule has 0 bridgehead atoms. The summed E-state index contributed by atoms with van der Waals surface area (Å²) in [5, 5.41) is 19.2. The SMILES string of the molecule is CCc1ccc(CC2N=C(c3ccc(NC(=O)Cc4cccs4)cc3)c3ccc([N+](=O)[O-])cc3NC2=O)cc1CC. The highest BCUT2D eigenvalue weighted by Crippen LogP contribution is 2.30. The maximum Gasteiger partial charge on any atom is 0.271 e. The fraction of sp³-hybridized carbons (Fsp3) is 0.219. The van der Waals surface area contributed by atoms with E-state index >= 15 is 0 Å². The third kappa shape index (κ3) is 6.41. The number of nitrogens with one attached hydrogen (secondary N) is 2. The Kier molecular flexibility index (Phi) is 8.35. The number of hydrogen-bond acceptors (Lipinski definition) is 6. The second kappa shape index (κ2) is 12.3. The molecule has 0 spiro atoms. The second-order valence-corrected chi connectivity index (χ2v) is 10.9. The van der Waals surface area contributed by atoms with Gasteiger partial charge in [0.15, 0.2) is 0 Å². The number of carbonyl (C=O) groups is 2. The average molecular weight is 567 g/mol. The normalized spacial score (nSPS) is 14.4. The van der Waals surface area contributed by atoms with E-state index in [1.165, 1.54) is 34.6 Å². The Morgan fingerprint density at radius 1 is 1.02 bits per heavy atom. The van der Waals surface area contributed by atoms with E-state index in [0.717, 1.165) is 28.8 Å². The maximum atomic E-state index is 13.4. The van der Waals surface area contributed by atoms with Crippen LogP contribution in [0.1, 0.15) is 46.5 Å². The largest absolute Gasteiger partial charge is 0.326 e. The van der Waals surface area contributed by atoms with E-state index in [9.17, 15) is 19.7 Å². The molecule has 0 saturated heterocycles. The zero-order valence-corrected chi connectivity index (χ0v) is 23.7. The van der Waals surface area contributed by atoms with Crippen LogP contribution in [-0.2, 0) is 35.3 Å². The van der Waals surface area contributed by atoms with Gasteiger partial charge in [-0.15, -0.1) is 11.3 Å². The van der Waals surface area contributed by atoms with Crippen LogP contribution in [0.5, 0.6) is 0 Å². The fourth-order valence-corrected chi connectivity index (χ4v) is 5.72. The van der Waals surface area contributed by atoms with Gasteiger partial charge < -0.3 is 10.6 Å². The molecule has 4 aromatic rings. The van der Waals surface area contributed by atoms with Crippen molar-refractivity contribution in [2.75, 3.05) is 10.6 Å². The van der Waals surface area contributed by atoms with E-state index in [1.807, 2.05) is 35.7 Å². The van der Waals surface area contributed by atoms with Gasteiger partial charge in [0.05, 0.1) is 22.7 Å². The molecule has 0 radical (unpaired) electrons. The van der Waals surface area contributed by atoms with Crippen molar-refractivity contribution in [2.45, 2.75) is 45.6 Å². The summed E-state index contributed by atoms with van der Waals surface area (Å²) in [6.07, 6.45) is 2.52. The predicted octanol–water partition coefficient (Wildman–Crippen LogP) is 6.36. The van der Waals surface area contributed by atoms with E-state index < -0.39 is 11.0 Å². The lowest BCUT2D eigenvalue weighted by molar-refractivity contribution is -0.384. The average Bonchev–Trinajstić information content (AvgIpc) is 3.43. The lowest BCUT2D eigenvalue weighted by atomic mass is 9.96. The highest BCUT2D eigenvalue weighted by atomic mass is 32.1. The van der Waals surface area contributed by atoms with Gasteiger partial charge in [0, 0.05) is 40.2 Å². The number of benzene rings is 3. The number of hydrogen-bond donors (Lipinski definition) is 2. The summed E-state index contributed by atoms with van der Waals surface area (Å²) in [6, 6.07) is 21.0. The molecule has 5 rings (SSSR count). The van der Waals surface area contributed by atoms with Gasteiger partial charge in [-0.25, -0.2) is 0 Å². The number of nitro benzene ring substituents is 1. The zero-order chi connectivity index (χ0) is 28.9. The van der Waals surface area contributed by atoms with Gasteiger partial charge in [-0.1, -0.05) is 50.2 Å². The van der Waals surface area contributed by atoms with E-state index in [-0.39, 0.29) is 17.5 Å². The van der Waals surface area contributed by atoms with Crippen molar-refractivity contribution in [1.29, 1.82) is 0 Å². The van der Waals surface area contributed by atoms with Crippen LogP contribution in [0.4, 0.5) is 17.1 Å². The number of fused-ring (bicyclic) bond motifs is 1. The Morgan fingerprint density at radius 2 is 1.80 bits per heavy atom. The Balaban J connectivity index is 1.48. The van der Waals surface area contributed by atoms with Gasteiger partial charge in [-0.2, -0.15) is 0 Å². The van der Waals surface area contributed by atoms with Crippen molar-refractivity contribution in [3.8, 4) is 0 Å². The molecule has 0 aliphatic carbocycles. The topological polar surface area (TPSA) is 114 Å². The molecule has 1 aromatic heterocycles. The standard InChI is InChI=1S/C32H30N4O4S/c1-3-21-8-7-20(16-22(21)4-2)17-29-32(38)35-28-18-25(36(39)40)13-14-27(28)31(34-29)23-9-11-24(12-10-23)33-30(37)19-26-6-5-15-41-26/h5-16,18,29H,3-4,17,19H2,1-2H3,(H,33,37)(H,35,38). The first-order valence-electron chi connectivity index (χ1n) is 13.6. The number of thiophene rings is 1. The first-order valence-corrected chi connectivity index (χ1v) is 14.4. The van der Waals surface area contributed by atoms with Crippen LogP contribution >= 0.6 is 11.3 Å². The van der Waals surface area contributed by atoms with Gasteiger partial charge in [-0.3, -0.25) is 24.7 Å². The predicted molar refractivity (Wildman–Crippen MR) is 163 cm³/mol. The summed E-state index contributed by atoms with van der Waals surface area (Å²) in [5.74, 6) is -0.433. The third-order valence-corrected chi connectivity index (χ3v) is 8.01. The van der Waals surface area contributed by atoms with Crippen molar-refractivity contribution in [2.24, 2.45) is 4.99 Å². The lowest BCUT2D eigenvalue weighted by Crippen LogP contribution is -2.27. The number of amides is 2. The molecule has 0 saturated carbocycles. The van der Waals surface area contributed by atoms with Crippen LogP contribution in [-0.4, -0.2) is 28.5 Å². The molecule has 2 N–H and O–H groups in total. The fourth-order valence-electron chi connectivity index (χ4n) is 5.02. The molecule has 8 nitrogen and oxygen atoms in total. The van der Waals surface area contributed by atoms with Crippen molar-refractivity contribution in [3.63, 3.8) is 0 Å². The maximum absolute atomic E-state index is 13.4. The minimum atomic E-state index is -0.737. The molecule has 1 aliphatic heterocycles. The molecule has 1 atom stereocenters. The molecule has 0 fully saturated rings. The first kappa shape index (κ1) is 27.9. The number of nitro groups is 1. The molecule has 9 heteroatoms. The van der Waals surface area contributed by atoms with Crippen LogP contribution < -0.4 is 10.6 Å². The van der Waals surface area contributed by atoms with Crippen LogP contribution in [0.15, 0.2) is 83.2 Å². The molecule has 2 heterocycles. The van der Waals surface area contributed by atoms with Crippen LogP contribution in [0.2, 0.25) is 0 Å². The molecular formula is C32H30N4O4S. The van der Waals surface area contributed by atoms with Crippen LogP contribution in [0.3, 0.4) is 0 Å². The number of rotatable bonds is 9. The van der Waals surface area contributed by atoms with Gasteiger partial charge in [0.2, 0.25) is 11.8 Å². The number of aryl methyl sites for hydroxylation is 2. The summed E-state index contributed by atoms with van der Waals surface area (Å²) in [4.78, 5) is 42.8. The minimum Gasteiger partial charge on any atom is -0.326 e. The van der Waals surface area contributed by atoms with Crippen molar-refractivity contribution >= 4 is 45.9 Å². The number of non-ortho nitro benzene ring substituents is 1. The third-order valence-electron chi connectivity index (χ3n) is 7.13. The molecule has 1 unspecified atom stereocenters. The summed E-state index contributed by atoms with van der Waals surface area (Å²) in [5.41, 5.74) is 6.28. The molecular weight excluding hydrogens is 536 g/mol. The van der Waals surface area contributed by atoms with E-state index in [1.54, 1.807) is 18.2 Å². The Bertz CT molecular complexity index is 1630. The number of anilines is 2. The zero-order valence-electron chi connectivity index (χ0n) is 22.8. The number of benzodiazepines with no additional fused rings is 1. The number of nitrogens with zero attached hydrogens (tertiary/aromatic N) is 2. The van der Waals surface area contributed by atoms with Gasteiger partial charge in [0.25, 0.3) is 5.69 Å². The summed E-state index contributed by atoms with van der Waals surface area (Å²) in [6.45, 7) is 4.24. The van der Waals surface area contributed by atoms with E-state index in [4.69, 9.17) is 4.99 Å². The van der Waals surface area contributed by atoms with Crippen molar-refractivity contribution < 1.29 is 14.5 Å². The number of aliphatic imine (C=N–C) groups is 1. The second-order valence-electron chi connectivity index (χ2n) is 9.87. The van der Waals surface area contributed by atoms with Crippen LogP contribution in [0, 0.1) is 10.1 Å². The summed E-state index contributed by atoms with van der Waals surface area (Å²) >= 11 is 1.53. The lowest BCUT2D eigenvalue weighted by Gasteiger charge is -2.14. The molecule has 3 aromatic carbocycles. The van der Waals surface area contributed by atoms with E-state index in [2.05, 4.69) is 36.6 Å². The smallest absolute Gasteiger partial charge is 0.271 e. The highest BCUT2D eigenvalue weighted by molar-refractivity contribution is 7.10. The Labute approximate surface area is 242 Å². The monoisotopic (exact) mass is 566 g/mol. The van der Waals surface area contributed by atoms with Gasteiger partial charge >= 0.3 is 0 Å². The molecule has 2 amide bonds. The Hall–Kier alpha value is -4.63. The van der Waals surface area contributed by atoms with Crippen molar-refractivity contribution in [1.82, 2.24) is 0 Å². The van der Waals surface area contributed by atoms with Gasteiger partial charge in [-0.05, 0) is 59.2 Å². The van der Waals surface area contributed by atoms with Crippen molar-refractivity contribution in [3.05, 3.63) is 121 Å². The molecule has 41 heavy (non-hydrogen) atoms. The summed E-state index contributed by atoms with van der Waals surface area (Å²) in [7, 11) is 0. The summed E-state index contributed by atoms with van der Waals surface area (Å²) < 4.78 is 0. The highest BCUT2D eigenvalue weighted by Gasteiger charge is 2.27. The molecule has 1 aliphatic rings.